The molecule has 0 aliphatic carbocycles. The Morgan fingerprint density at radius 2 is 1.82 bits per heavy atom. The van der Waals surface area contributed by atoms with E-state index in [1.165, 1.54) is 29.8 Å². The van der Waals surface area contributed by atoms with Crippen LogP contribution in [0.2, 0.25) is 5.02 Å². The molecule has 2 aliphatic heterocycles. The quantitative estimate of drug-likeness (QED) is 0.231. The van der Waals surface area contributed by atoms with Crippen molar-refractivity contribution in [1.29, 1.82) is 0 Å². The lowest BCUT2D eigenvalue weighted by atomic mass is 9.95. The van der Waals surface area contributed by atoms with Crippen molar-refractivity contribution in [3.8, 4) is 17.0 Å². The number of piperazine rings is 1. The number of ether oxygens (including phenoxy) is 2. The van der Waals surface area contributed by atoms with Crippen molar-refractivity contribution < 1.29 is 41.4 Å². The Bertz CT molecular complexity index is 1760. The van der Waals surface area contributed by atoms with Crippen LogP contribution in [-0.4, -0.2) is 101 Å². The van der Waals surface area contributed by atoms with Crippen molar-refractivity contribution in [2.24, 2.45) is 13.0 Å². The van der Waals surface area contributed by atoms with E-state index in [2.05, 4.69) is 30.6 Å². The third-order valence-electron chi connectivity index (χ3n) is 8.46. The third-order valence-corrected chi connectivity index (χ3v) is 8.77. The summed E-state index contributed by atoms with van der Waals surface area (Å²) in [4.78, 5) is 46.4. The summed E-state index contributed by atoms with van der Waals surface area (Å²) in [5.74, 6) is -4.81. The first-order valence-corrected chi connectivity index (χ1v) is 16.7. The maximum Gasteiger partial charge on any atom is 0.410 e. The van der Waals surface area contributed by atoms with Gasteiger partial charge in [0.1, 0.15) is 5.60 Å². The number of benzene rings is 2. The molecule has 5 rings (SSSR count). The molecule has 3 N–H and O–H groups in total. The molecule has 0 radical (unpaired) electrons. The molecule has 2 fully saturated rings. The highest BCUT2D eigenvalue weighted by atomic mass is 35.5. The molecule has 2 aliphatic rings. The van der Waals surface area contributed by atoms with Crippen molar-refractivity contribution in [1.82, 2.24) is 30.0 Å². The van der Waals surface area contributed by atoms with E-state index in [-0.39, 0.29) is 51.4 Å². The van der Waals surface area contributed by atoms with Gasteiger partial charge in [0, 0.05) is 70.2 Å². The standard InChI is InChI=1S/C34H40ClF4N7O5/c1-34(2,3)51-33(49)46-12-11-40-21(18-46)17-45-15-19(16-45)9-10-41-30(47)22-6-5-20(13-24(22)35)43-31(48)29-42-14-25(44(29)4)23-7-8-26(50-32(38)39)28(37)27(23)36/h5-8,13-14,19,21,32,40H,9-12,15-18H2,1-4H3,(H,41,47)(H,43,48). The highest BCUT2D eigenvalue weighted by Gasteiger charge is 2.32. The molecule has 17 heteroatoms. The fraction of sp³-hybridized carbons (Fsp3) is 0.471. The van der Waals surface area contributed by atoms with Gasteiger partial charge in [-0.15, -0.1) is 0 Å². The van der Waals surface area contributed by atoms with Crippen LogP contribution in [0.4, 0.5) is 28.0 Å². The van der Waals surface area contributed by atoms with Crippen molar-refractivity contribution in [3.05, 3.63) is 64.6 Å². The van der Waals surface area contributed by atoms with E-state index in [1.54, 1.807) is 4.90 Å². The second kappa shape index (κ2) is 15.9. The predicted molar refractivity (Wildman–Crippen MR) is 181 cm³/mol. The number of imidazole rings is 1. The highest BCUT2D eigenvalue weighted by Crippen LogP contribution is 2.31. The Kier molecular flexibility index (Phi) is 11.8. The first-order valence-electron chi connectivity index (χ1n) is 16.4. The summed E-state index contributed by atoms with van der Waals surface area (Å²) in [5.41, 5.74) is -0.370. The maximum absolute atomic E-state index is 14.7. The van der Waals surface area contributed by atoms with Gasteiger partial charge < -0.3 is 39.8 Å². The average molecular weight is 738 g/mol. The van der Waals surface area contributed by atoms with Crippen molar-refractivity contribution >= 4 is 35.2 Å². The molecule has 3 heterocycles. The van der Waals surface area contributed by atoms with Gasteiger partial charge >= 0.3 is 12.7 Å². The van der Waals surface area contributed by atoms with Gasteiger partial charge in [0.25, 0.3) is 11.8 Å². The average Bonchev–Trinajstić information content (AvgIpc) is 3.42. The first-order chi connectivity index (χ1) is 24.1. The van der Waals surface area contributed by atoms with Crippen molar-refractivity contribution in [3.63, 3.8) is 0 Å². The number of rotatable bonds is 11. The van der Waals surface area contributed by atoms with Crippen LogP contribution in [0, 0.1) is 17.6 Å². The van der Waals surface area contributed by atoms with Gasteiger partial charge in [0.15, 0.2) is 17.4 Å². The Labute approximate surface area is 297 Å². The van der Waals surface area contributed by atoms with E-state index in [0.717, 1.165) is 44.4 Å². The lowest BCUT2D eigenvalue weighted by Gasteiger charge is -2.43. The second-order valence-corrected chi connectivity index (χ2v) is 13.9. The maximum atomic E-state index is 14.7. The summed E-state index contributed by atoms with van der Waals surface area (Å²) in [6.45, 7) is 7.18. The highest BCUT2D eigenvalue weighted by molar-refractivity contribution is 6.34. The molecule has 1 atom stereocenters. The van der Waals surface area contributed by atoms with E-state index in [0.29, 0.717) is 32.1 Å². The zero-order chi connectivity index (χ0) is 37.0. The molecule has 51 heavy (non-hydrogen) atoms. The minimum atomic E-state index is -3.34. The van der Waals surface area contributed by atoms with Crippen LogP contribution in [0.25, 0.3) is 11.3 Å². The van der Waals surface area contributed by atoms with Crippen molar-refractivity contribution in [2.45, 2.75) is 45.4 Å². The molecule has 2 saturated heterocycles. The molecule has 3 aromatic rings. The number of likely N-dealkylation sites (tertiary alicyclic amines) is 1. The number of halogens is 5. The number of hydrogen-bond donors (Lipinski definition) is 3. The van der Waals surface area contributed by atoms with Gasteiger partial charge in [-0.25, -0.2) is 14.2 Å². The van der Waals surface area contributed by atoms with Crippen LogP contribution in [0.1, 0.15) is 48.2 Å². The monoisotopic (exact) mass is 737 g/mol. The molecule has 1 aromatic heterocycles. The van der Waals surface area contributed by atoms with E-state index in [9.17, 15) is 31.9 Å². The lowest BCUT2D eigenvalue weighted by Crippen LogP contribution is -2.60. The van der Waals surface area contributed by atoms with Gasteiger partial charge in [-0.3, -0.25) is 9.59 Å². The number of carbonyl (C=O) groups is 3. The van der Waals surface area contributed by atoms with Gasteiger partial charge in [-0.05, 0) is 63.4 Å². The fourth-order valence-corrected chi connectivity index (χ4v) is 6.26. The largest absolute Gasteiger partial charge is 0.444 e. The number of alkyl halides is 2. The molecule has 2 aromatic carbocycles. The van der Waals surface area contributed by atoms with Gasteiger partial charge in [-0.1, -0.05) is 11.6 Å². The predicted octanol–water partition coefficient (Wildman–Crippen LogP) is 5.13. The number of hydrogen-bond acceptors (Lipinski definition) is 8. The minimum absolute atomic E-state index is 0.00710. The molecular weight excluding hydrogens is 698 g/mol. The smallest absolute Gasteiger partial charge is 0.410 e. The van der Waals surface area contributed by atoms with E-state index in [4.69, 9.17) is 16.3 Å². The van der Waals surface area contributed by atoms with E-state index < -0.39 is 35.5 Å². The van der Waals surface area contributed by atoms with Gasteiger partial charge in [0.05, 0.1) is 22.5 Å². The summed E-state index contributed by atoms with van der Waals surface area (Å²) in [7, 11) is 1.40. The number of amides is 3. The van der Waals surface area contributed by atoms with Crippen LogP contribution < -0.4 is 20.7 Å². The Morgan fingerprint density at radius 3 is 2.51 bits per heavy atom. The Hall–Kier alpha value is -4.41. The molecule has 0 spiro atoms. The van der Waals surface area contributed by atoms with Crippen LogP contribution in [0.5, 0.6) is 5.75 Å². The number of nitrogens with one attached hydrogen (secondary N) is 3. The molecule has 276 valence electrons. The summed E-state index contributed by atoms with van der Waals surface area (Å²) in [6.07, 6.45) is 1.63. The number of carbonyl (C=O) groups excluding carboxylic acids is 3. The Morgan fingerprint density at radius 1 is 1.08 bits per heavy atom. The first kappa shape index (κ1) is 37.8. The summed E-state index contributed by atoms with van der Waals surface area (Å²) >= 11 is 6.39. The van der Waals surface area contributed by atoms with Crippen LogP contribution in [0.15, 0.2) is 36.5 Å². The van der Waals surface area contributed by atoms with Crippen molar-refractivity contribution in [2.75, 3.05) is 51.1 Å². The minimum Gasteiger partial charge on any atom is -0.444 e. The normalized spacial score (nSPS) is 16.9. The SMILES string of the molecule is Cn1c(-c2ccc(OC(F)F)c(F)c2F)cnc1C(=O)Nc1ccc(C(=O)NCCC2CN(CC3CN(C(=O)OC(C)(C)C)CCN3)C2)c(Cl)c1. The number of aromatic nitrogens is 2. The molecule has 12 nitrogen and oxygen atoms in total. The third kappa shape index (κ3) is 9.48. The van der Waals surface area contributed by atoms with Crippen LogP contribution in [0.3, 0.4) is 0 Å². The summed E-state index contributed by atoms with van der Waals surface area (Å²) in [5, 5.41) is 9.07. The molecular formula is C34H40ClF4N7O5. The summed E-state index contributed by atoms with van der Waals surface area (Å²) < 4.78 is 64.6. The number of nitrogens with zero attached hydrogens (tertiary/aromatic N) is 4. The van der Waals surface area contributed by atoms with E-state index in [1.807, 2.05) is 20.8 Å². The molecule has 0 saturated carbocycles. The zero-order valence-electron chi connectivity index (χ0n) is 28.6. The van der Waals surface area contributed by atoms with Crippen LogP contribution in [-0.2, 0) is 11.8 Å². The Balaban J connectivity index is 1.07. The fourth-order valence-electron chi connectivity index (χ4n) is 6.00. The van der Waals surface area contributed by atoms with Crippen LogP contribution >= 0.6 is 11.6 Å². The molecule has 0 bridgehead atoms. The topological polar surface area (TPSA) is 130 Å². The summed E-state index contributed by atoms with van der Waals surface area (Å²) in [6, 6.07) is 6.42. The van der Waals surface area contributed by atoms with Gasteiger partial charge in [-0.2, -0.15) is 13.2 Å². The number of anilines is 1. The second-order valence-electron chi connectivity index (χ2n) is 13.5. The lowest BCUT2D eigenvalue weighted by molar-refractivity contribution is -0.0525. The van der Waals surface area contributed by atoms with E-state index >= 15 is 0 Å². The van der Waals surface area contributed by atoms with Gasteiger partial charge in [0.2, 0.25) is 5.82 Å². The molecule has 1 unspecified atom stereocenters. The zero-order valence-corrected chi connectivity index (χ0v) is 29.3. The molecule has 3 amide bonds.